The average Bonchev–Trinajstić information content (AvgIpc) is 2.24. The predicted molar refractivity (Wildman–Crippen MR) is 55.2 cm³/mol. The van der Waals surface area contributed by atoms with Crippen LogP contribution < -0.4 is 0 Å². The summed E-state index contributed by atoms with van der Waals surface area (Å²) >= 11 is 0. The molecule has 0 aromatic heterocycles. The molecule has 2 N–H and O–H groups in total. The molecule has 0 amide bonds. The first-order valence-corrected chi connectivity index (χ1v) is 4.65. The first-order valence-electron chi connectivity index (χ1n) is 4.65. The highest BCUT2D eigenvalue weighted by Crippen LogP contribution is 2.33. The maximum Gasteiger partial charge on any atom is 0.341 e. The van der Waals surface area contributed by atoms with Gasteiger partial charge >= 0.3 is 5.97 Å². The molecule has 0 saturated heterocycles. The van der Waals surface area contributed by atoms with Crippen molar-refractivity contribution in [2.45, 2.75) is 20.3 Å². The molecule has 0 aliphatic heterocycles. The third kappa shape index (κ3) is 1.88. The largest absolute Gasteiger partial charge is 0.508 e. The van der Waals surface area contributed by atoms with Gasteiger partial charge in [-0.2, -0.15) is 0 Å². The van der Waals surface area contributed by atoms with Gasteiger partial charge in [-0.3, -0.25) is 0 Å². The summed E-state index contributed by atoms with van der Waals surface area (Å²) in [6, 6.07) is 1.47. The van der Waals surface area contributed by atoms with Crippen molar-refractivity contribution in [2.24, 2.45) is 0 Å². The van der Waals surface area contributed by atoms with Gasteiger partial charge in [0.1, 0.15) is 17.1 Å². The number of aromatic hydroxyl groups is 2. The summed E-state index contributed by atoms with van der Waals surface area (Å²) in [4.78, 5) is 11.4. The summed E-state index contributed by atoms with van der Waals surface area (Å²) < 4.78 is 4.57. The minimum atomic E-state index is -0.590. The van der Waals surface area contributed by atoms with Crippen molar-refractivity contribution in [3.63, 3.8) is 0 Å². The third-order valence-electron chi connectivity index (χ3n) is 2.38. The number of ether oxygens (including phenoxy) is 1. The summed E-state index contributed by atoms with van der Waals surface area (Å²) in [6.45, 7) is 3.37. The number of aryl methyl sites for hydroxylation is 1. The van der Waals surface area contributed by atoms with Gasteiger partial charge in [0.2, 0.25) is 0 Å². The van der Waals surface area contributed by atoms with Crippen LogP contribution in [0.3, 0.4) is 0 Å². The Bertz CT molecular complexity index is 396. The molecular weight excluding hydrogens is 196 g/mol. The zero-order valence-corrected chi connectivity index (χ0v) is 9.00. The van der Waals surface area contributed by atoms with Gasteiger partial charge < -0.3 is 14.9 Å². The molecule has 0 radical (unpaired) electrons. The van der Waals surface area contributed by atoms with Crippen LogP contribution in [0.2, 0.25) is 0 Å². The molecule has 82 valence electrons. The molecule has 15 heavy (non-hydrogen) atoms. The van der Waals surface area contributed by atoms with Crippen LogP contribution in [0.15, 0.2) is 6.07 Å². The van der Waals surface area contributed by atoms with Gasteiger partial charge in [0.15, 0.2) is 0 Å². The molecular formula is C11H14O4. The molecule has 0 spiro atoms. The van der Waals surface area contributed by atoms with E-state index >= 15 is 0 Å². The molecule has 4 nitrogen and oxygen atoms in total. The molecule has 0 bridgehead atoms. The second-order valence-corrected chi connectivity index (χ2v) is 3.25. The van der Waals surface area contributed by atoms with Crippen LogP contribution >= 0.6 is 0 Å². The predicted octanol–water partition coefficient (Wildman–Crippen LogP) is 1.76. The maximum atomic E-state index is 11.4. The van der Waals surface area contributed by atoms with Crippen molar-refractivity contribution in [1.82, 2.24) is 0 Å². The number of hydrogen-bond donors (Lipinski definition) is 2. The Morgan fingerprint density at radius 2 is 2.07 bits per heavy atom. The molecule has 0 aliphatic carbocycles. The van der Waals surface area contributed by atoms with Crippen LogP contribution in [0.5, 0.6) is 11.5 Å². The molecule has 1 aromatic rings. The fourth-order valence-corrected chi connectivity index (χ4v) is 1.42. The number of phenolic OH excluding ortho intramolecular Hbond substituents is 2. The summed E-state index contributed by atoms with van der Waals surface area (Å²) in [5, 5.41) is 19.2. The number of methoxy groups -OCH3 is 1. The smallest absolute Gasteiger partial charge is 0.341 e. The summed E-state index contributed by atoms with van der Waals surface area (Å²) in [5.74, 6) is -0.817. The van der Waals surface area contributed by atoms with Crippen LogP contribution in [0, 0.1) is 6.92 Å². The minimum absolute atomic E-state index is 0.0167. The summed E-state index contributed by atoms with van der Waals surface area (Å²) in [6.07, 6.45) is 0.534. The molecule has 4 heteroatoms. The van der Waals surface area contributed by atoms with E-state index in [9.17, 15) is 15.0 Å². The van der Waals surface area contributed by atoms with E-state index in [1.165, 1.54) is 20.1 Å². The van der Waals surface area contributed by atoms with Crippen molar-refractivity contribution in [3.8, 4) is 11.5 Å². The Balaban J connectivity index is 3.47. The zero-order valence-electron chi connectivity index (χ0n) is 9.00. The number of benzene rings is 1. The highest BCUT2D eigenvalue weighted by Gasteiger charge is 2.20. The van der Waals surface area contributed by atoms with Crippen molar-refractivity contribution in [3.05, 3.63) is 22.8 Å². The number of esters is 1. The van der Waals surface area contributed by atoms with Crippen LogP contribution in [0.25, 0.3) is 0 Å². The van der Waals surface area contributed by atoms with Crippen LogP contribution in [0.1, 0.15) is 28.4 Å². The van der Waals surface area contributed by atoms with E-state index in [1.54, 1.807) is 0 Å². The van der Waals surface area contributed by atoms with Crippen molar-refractivity contribution < 1.29 is 19.7 Å². The maximum absolute atomic E-state index is 11.4. The van der Waals surface area contributed by atoms with Gasteiger partial charge in [0.25, 0.3) is 0 Å². The topological polar surface area (TPSA) is 66.8 Å². The van der Waals surface area contributed by atoms with E-state index in [4.69, 9.17) is 0 Å². The van der Waals surface area contributed by atoms with Gasteiger partial charge in [-0.15, -0.1) is 0 Å². The molecule has 0 atom stereocenters. The summed E-state index contributed by atoms with van der Waals surface area (Å²) in [5.41, 5.74) is 0.991. The Hall–Kier alpha value is -1.71. The molecule has 0 heterocycles. The van der Waals surface area contributed by atoms with E-state index in [2.05, 4.69) is 4.74 Å². The second kappa shape index (κ2) is 4.21. The Morgan fingerprint density at radius 1 is 1.47 bits per heavy atom. The lowest BCUT2D eigenvalue weighted by Gasteiger charge is -2.11. The lowest BCUT2D eigenvalue weighted by molar-refractivity contribution is 0.0596. The highest BCUT2D eigenvalue weighted by molar-refractivity contribution is 5.95. The van der Waals surface area contributed by atoms with E-state index in [0.29, 0.717) is 12.0 Å². The Labute approximate surface area is 88.1 Å². The number of hydrogen-bond acceptors (Lipinski definition) is 4. The zero-order chi connectivity index (χ0) is 11.6. The van der Waals surface area contributed by atoms with Crippen molar-refractivity contribution in [1.29, 1.82) is 0 Å². The highest BCUT2D eigenvalue weighted by atomic mass is 16.5. The molecule has 0 aliphatic rings. The third-order valence-corrected chi connectivity index (χ3v) is 2.38. The first kappa shape index (κ1) is 11.4. The average molecular weight is 210 g/mol. The summed E-state index contributed by atoms with van der Waals surface area (Å²) in [7, 11) is 1.25. The van der Waals surface area contributed by atoms with Gasteiger partial charge in [-0.05, 0) is 25.0 Å². The molecule has 1 aromatic carbocycles. The fraction of sp³-hybridized carbons (Fsp3) is 0.364. The minimum Gasteiger partial charge on any atom is -0.508 e. The SMILES string of the molecule is CCc1cc(O)c(C)c(O)c1C(=O)OC. The Kier molecular flexibility index (Phi) is 3.19. The molecule has 0 unspecified atom stereocenters. The number of rotatable bonds is 2. The monoisotopic (exact) mass is 210 g/mol. The van der Waals surface area contributed by atoms with Crippen LogP contribution in [-0.4, -0.2) is 23.3 Å². The number of phenols is 2. The van der Waals surface area contributed by atoms with E-state index in [-0.39, 0.29) is 22.6 Å². The lowest BCUT2D eigenvalue weighted by atomic mass is 10.00. The Morgan fingerprint density at radius 3 is 2.53 bits per heavy atom. The molecule has 0 fully saturated rings. The number of carbonyl (C=O) groups excluding carboxylic acids is 1. The normalized spacial score (nSPS) is 10.1. The van der Waals surface area contributed by atoms with Crippen molar-refractivity contribution in [2.75, 3.05) is 7.11 Å². The lowest BCUT2D eigenvalue weighted by Crippen LogP contribution is -2.06. The number of carbonyl (C=O) groups is 1. The van der Waals surface area contributed by atoms with Gasteiger partial charge in [0, 0.05) is 5.56 Å². The standard InChI is InChI=1S/C11H14O4/c1-4-7-5-8(12)6(2)10(13)9(7)11(14)15-3/h5,12-13H,4H2,1-3H3. The molecule has 0 saturated carbocycles. The van der Waals surface area contributed by atoms with Crippen LogP contribution in [-0.2, 0) is 11.2 Å². The fourth-order valence-electron chi connectivity index (χ4n) is 1.42. The van der Waals surface area contributed by atoms with Crippen molar-refractivity contribution >= 4 is 5.97 Å². The van der Waals surface area contributed by atoms with Gasteiger partial charge in [-0.1, -0.05) is 6.92 Å². The second-order valence-electron chi connectivity index (χ2n) is 3.25. The quantitative estimate of drug-likeness (QED) is 0.730. The van der Waals surface area contributed by atoms with Gasteiger partial charge in [-0.25, -0.2) is 4.79 Å². The van der Waals surface area contributed by atoms with Gasteiger partial charge in [0.05, 0.1) is 7.11 Å². The van der Waals surface area contributed by atoms with Crippen LogP contribution in [0.4, 0.5) is 0 Å². The van der Waals surface area contributed by atoms with E-state index < -0.39 is 5.97 Å². The molecule has 1 rings (SSSR count). The first-order chi connectivity index (χ1) is 7.02. The van der Waals surface area contributed by atoms with E-state index in [0.717, 1.165) is 0 Å². The van der Waals surface area contributed by atoms with E-state index in [1.807, 2.05) is 6.92 Å².